The van der Waals surface area contributed by atoms with Gasteiger partial charge in [-0.1, -0.05) is 89.0 Å². The molecule has 5 aromatic rings. The number of nitrogens with one attached hydrogen (secondary N) is 1. The van der Waals surface area contributed by atoms with E-state index < -0.39 is 0 Å². The van der Waals surface area contributed by atoms with Crippen LogP contribution in [0.5, 0.6) is 5.75 Å². The van der Waals surface area contributed by atoms with Crippen LogP contribution >= 0.6 is 12.6 Å². The van der Waals surface area contributed by atoms with Crippen molar-refractivity contribution in [2.24, 2.45) is 0 Å². The predicted molar refractivity (Wildman–Crippen MR) is 175 cm³/mol. The zero-order valence-electron chi connectivity index (χ0n) is 24.9. The highest BCUT2D eigenvalue weighted by atomic mass is 32.1. The molecule has 2 heterocycles. The van der Waals surface area contributed by atoms with Crippen LogP contribution < -0.4 is 10.2 Å². The molecule has 9 heteroatoms. The highest BCUT2D eigenvalue weighted by Crippen LogP contribution is 2.47. The maximum Gasteiger partial charge on any atom is 0.321 e. The number of anilines is 1. The molecule has 0 unspecified atom stereocenters. The Bertz CT molecular complexity index is 1610. The fraction of sp³-hybridized carbons (Fsp3) is 0.382. The molecule has 0 saturated carbocycles. The highest BCUT2D eigenvalue weighted by Gasteiger charge is 2.27. The monoisotopic (exact) mass is 600 g/mol. The van der Waals surface area contributed by atoms with Crippen LogP contribution in [-0.2, 0) is 0 Å². The van der Waals surface area contributed by atoms with Crippen molar-refractivity contribution in [2.45, 2.75) is 76.0 Å². The summed E-state index contributed by atoms with van der Waals surface area (Å²) in [6.07, 6.45) is 12.3. The van der Waals surface area contributed by atoms with Crippen molar-refractivity contribution < 1.29 is 18.7 Å². The number of thiol groups is 1. The Kier molecular flexibility index (Phi) is 10.3. The first-order chi connectivity index (χ1) is 21.0. The lowest BCUT2D eigenvalue weighted by molar-refractivity contribution is 0.247. The van der Waals surface area contributed by atoms with Gasteiger partial charge in [0.1, 0.15) is 16.8 Å². The van der Waals surface area contributed by atoms with Gasteiger partial charge in [-0.3, -0.25) is 4.90 Å². The summed E-state index contributed by atoms with van der Waals surface area (Å²) in [4.78, 5) is 24.2. The minimum Gasteiger partial charge on any atom is -0.506 e. The van der Waals surface area contributed by atoms with E-state index in [2.05, 4.69) is 34.8 Å². The van der Waals surface area contributed by atoms with Crippen molar-refractivity contribution in [3.8, 4) is 28.7 Å². The first kappa shape index (κ1) is 30.5. The molecule has 2 amide bonds. The van der Waals surface area contributed by atoms with Crippen molar-refractivity contribution in [3.63, 3.8) is 0 Å². The number of urea groups is 1. The number of aromatic nitrogens is 2. The Balaban J connectivity index is 1.33. The van der Waals surface area contributed by atoms with E-state index in [1.54, 1.807) is 13.1 Å². The fourth-order valence-electron chi connectivity index (χ4n) is 5.32. The predicted octanol–water partition coefficient (Wildman–Crippen LogP) is 9.36. The van der Waals surface area contributed by atoms with Gasteiger partial charge in [0.2, 0.25) is 11.8 Å². The van der Waals surface area contributed by atoms with Crippen molar-refractivity contribution in [2.75, 3.05) is 18.5 Å². The molecule has 2 N–H and O–H groups in total. The average Bonchev–Trinajstić information content (AvgIpc) is 3.65. The van der Waals surface area contributed by atoms with Gasteiger partial charge in [-0.15, -0.1) is 12.6 Å². The number of unbranched alkanes of at least 4 members (excludes halogenated alkanes) is 9. The Morgan fingerprint density at radius 2 is 1.33 bits per heavy atom. The van der Waals surface area contributed by atoms with Crippen LogP contribution in [0.2, 0.25) is 0 Å². The van der Waals surface area contributed by atoms with Crippen molar-refractivity contribution >= 4 is 46.5 Å². The minimum absolute atomic E-state index is 0.154. The molecule has 226 valence electrons. The van der Waals surface area contributed by atoms with Crippen LogP contribution in [0.4, 0.5) is 10.5 Å². The molecule has 8 nitrogen and oxygen atoms in total. The number of amides is 2. The van der Waals surface area contributed by atoms with Gasteiger partial charge >= 0.3 is 6.03 Å². The van der Waals surface area contributed by atoms with Gasteiger partial charge in [-0.05, 0) is 36.8 Å². The lowest BCUT2D eigenvalue weighted by atomic mass is 10.1. The molecule has 0 aliphatic carbocycles. The number of nitrogens with zero attached hydrogens (tertiary/aromatic N) is 3. The third kappa shape index (κ3) is 7.16. The maximum atomic E-state index is 13.3. The van der Waals surface area contributed by atoms with Gasteiger partial charge in [-0.25, -0.2) is 14.8 Å². The summed E-state index contributed by atoms with van der Waals surface area (Å²) in [5.74, 6) is 0.364. The molecular weight excluding hydrogens is 560 g/mol. The number of aromatic hydroxyl groups is 1. The van der Waals surface area contributed by atoms with E-state index in [4.69, 9.17) is 8.83 Å². The standard InChI is InChI=1S/C34H40N4O4S/c1-3-4-5-6-7-8-9-10-11-16-21-35-34(40)38(2)29-23(32-36-25-17-12-14-19-27(25)41-32)22-24(30(39)31(29)43)33-37-26-18-13-15-20-28(26)42-33/h12-15,17-20,22,39,43H,3-11,16,21H2,1-2H3,(H,35,40). The van der Waals surface area contributed by atoms with E-state index >= 15 is 0 Å². The third-order valence-corrected chi connectivity index (χ3v) is 8.17. The smallest absolute Gasteiger partial charge is 0.321 e. The Morgan fingerprint density at radius 3 is 1.88 bits per heavy atom. The second-order valence-corrected chi connectivity index (χ2v) is 11.4. The van der Waals surface area contributed by atoms with E-state index in [-0.39, 0.29) is 22.6 Å². The molecule has 0 fully saturated rings. The normalized spacial score (nSPS) is 11.4. The zero-order chi connectivity index (χ0) is 30.2. The molecule has 0 saturated heterocycles. The van der Waals surface area contributed by atoms with E-state index in [0.29, 0.717) is 51.4 Å². The first-order valence-corrected chi connectivity index (χ1v) is 15.7. The topological polar surface area (TPSA) is 105 Å². The van der Waals surface area contributed by atoms with Crippen LogP contribution in [-0.4, -0.2) is 34.7 Å². The number of hydrogen-bond donors (Lipinski definition) is 3. The summed E-state index contributed by atoms with van der Waals surface area (Å²) in [6.45, 7) is 2.80. The fourth-order valence-corrected chi connectivity index (χ4v) is 5.71. The summed E-state index contributed by atoms with van der Waals surface area (Å²) in [6, 6.07) is 16.2. The largest absolute Gasteiger partial charge is 0.506 e. The first-order valence-electron chi connectivity index (χ1n) is 15.3. The highest BCUT2D eigenvalue weighted by molar-refractivity contribution is 7.80. The molecule has 0 aliphatic rings. The van der Waals surface area contributed by atoms with Crippen LogP contribution in [0.15, 0.2) is 68.3 Å². The van der Waals surface area contributed by atoms with Gasteiger partial charge in [0.25, 0.3) is 0 Å². The second-order valence-electron chi connectivity index (χ2n) is 11.0. The number of carbonyl (C=O) groups excluding carboxylic acids is 1. The molecule has 0 atom stereocenters. The maximum absolute atomic E-state index is 13.3. The van der Waals surface area contributed by atoms with Crippen LogP contribution in [0.3, 0.4) is 0 Å². The summed E-state index contributed by atoms with van der Waals surface area (Å²) in [7, 11) is 1.65. The second kappa shape index (κ2) is 14.5. The summed E-state index contributed by atoms with van der Waals surface area (Å²) in [5, 5.41) is 14.3. The van der Waals surface area contributed by atoms with Gasteiger partial charge in [0.15, 0.2) is 11.2 Å². The zero-order valence-corrected chi connectivity index (χ0v) is 25.8. The molecule has 43 heavy (non-hydrogen) atoms. The SMILES string of the molecule is CCCCCCCCCCCCNC(=O)N(C)c1c(-c2nc3ccccc3o2)cc(-c2nc3ccccc3o2)c(O)c1S. The van der Waals surface area contributed by atoms with Crippen molar-refractivity contribution in [1.29, 1.82) is 0 Å². The number of hydrogen-bond acceptors (Lipinski definition) is 7. The number of phenols is 1. The molecule has 2 aromatic heterocycles. The lowest BCUT2D eigenvalue weighted by Crippen LogP contribution is -2.38. The van der Waals surface area contributed by atoms with Gasteiger partial charge in [0, 0.05) is 13.6 Å². The van der Waals surface area contributed by atoms with E-state index in [1.807, 2.05) is 48.5 Å². The molecule has 3 aromatic carbocycles. The third-order valence-electron chi connectivity index (χ3n) is 7.74. The number of fused-ring (bicyclic) bond motifs is 2. The van der Waals surface area contributed by atoms with Crippen molar-refractivity contribution in [1.82, 2.24) is 15.3 Å². The molecule has 0 bridgehead atoms. The van der Waals surface area contributed by atoms with Crippen LogP contribution in [0.25, 0.3) is 45.1 Å². The van der Waals surface area contributed by atoms with Crippen LogP contribution in [0, 0.1) is 0 Å². The Labute approximate surface area is 257 Å². The van der Waals surface area contributed by atoms with E-state index in [9.17, 15) is 9.90 Å². The van der Waals surface area contributed by atoms with Gasteiger partial charge in [0.05, 0.1) is 21.7 Å². The van der Waals surface area contributed by atoms with Crippen molar-refractivity contribution in [3.05, 3.63) is 54.6 Å². The number of para-hydroxylation sites is 4. The van der Waals surface area contributed by atoms with E-state index in [0.717, 1.165) is 12.8 Å². The molecule has 0 spiro atoms. The summed E-state index contributed by atoms with van der Waals surface area (Å²) >= 11 is 4.68. The minimum atomic E-state index is -0.308. The number of carbonyl (C=O) groups is 1. The van der Waals surface area contributed by atoms with Crippen LogP contribution in [0.1, 0.15) is 71.1 Å². The molecule has 0 aliphatic heterocycles. The average molecular weight is 601 g/mol. The Hall–Kier alpha value is -3.98. The molecule has 0 radical (unpaired) electrons. The number of benzene rings is 3. The van der Waals surface area contributed by atoms with Gasteiger partial charge in [-0.2, -0.15) is 0 Å². The number of oxazole rings is 2. The molecule has 5 rings (SSSR count). The van der Waals surface area contributed by atoms with E-state index in [1.165, 1.54) is 56.3 Å². The summed E-state index contributed by atoms with van der Waals surface area (Å²) < 4.78 is 12.1. The quantitative estimate of drug-likeness (QED) is 0.0866. The van der Waals surface area contributed by atoms with Gasteiger partial charge < -0.3 is 19.3 Å². The molecular formula is C34H40N4O4S. The lowest BCUT2D eigenvalue weighted by Gasteiger charge is -2.23. The number of phenolic OH excluding ortho intramolecular Hbond substituents is 1. The Morgan fingerprint density at radius 1 is 0.814 bits per heavy atom. The summed E-state index contributed by atoms with van der Waals surface area (Å²) in [5.41, 5.74) is 3.70. The number of rotatable bonds is 14.